The van der Waals surface area contributed by atoms with Crippen molar-refractivity contribution in [2.75, 3.05) is 0 Å². The summed E-state index contributed by atoms with van der Waals surface area (Å²) in [5.41, 5.74) is 5.21. The highest BCUT2D eigenvalue weighted by Crippen LogP contribution is 2.47. The summed E-state index contributed by atoms with van der Waals surface area (Å²) < 4.78 is 0. The van der Waals surface area contributed by atoms with Gasteiger partial charge in [-0.05, 0) is 48.5 Å². The van der Waals surface area contributed by atoms with Crippen LogP contribution in [0.1, 0.15) is 22.3 Å². The molecule has 158 valence electrons. The van der Waals surface area contributed by atoms with Gasteiger partial charge in [-0.15, -0.1) is 0 Å². The van der Waals surface area contributed by atoms with Crippen LogP contribution in [0.15, 0.2) is 117 Å². The van der Waals surface area contributed by atoms with E-state index in [4.69, 9.17) is 9.97 Å². The molecular weight excluding hydrogens is 452 g/mol. The molecule has 1 aliphatic rings. The first-order chi connectivity index (χ1) is 16.8. The molecule has 4 heteroatoms. The van der Waals surface area contributed by atoms with E-state index < -0.39 is 0 Å². The van der Waals surface area contributed by atoms with Crippen LogP contribution >= 0.6 is 23.5 Å². The molecule has 6 rings (SSSR count). The Morgan fingerprint density at radius 2 is 0.853 bits per heavy atom. The Morgan fingerprint density at radius 3 is 1.29 bits per heavy atom. The van der Waals surface area contributed by atoms with Gasteiger partial charge in [-0.1, -0.05) is 95.7 Å². The largest absolute Gasteiger partial charge is 0.235 e. The quantitative estimate of drug-likeness (QED) is 0.223. The van der Waals surface area contributed by atoms with Gasteiger partial charge in [0, 0.05) is 20.9 Å². The summed E-state index contributed by atoms with van der Waals surface area (Å²) in [6, 6.07) is 32.3. The van der Waals surface area contributed by atoms with Crippen LogP contribution in [-0.2, 0) is 0 Å². The van der Waals surface area contributed by atoms with Crippen LogP contribution in [-0.4, -0.2) is 9.97 Å². The minimum absolute atomic E-state index is 0.787. The Hall–Kier alpha value is -3.96. The van der Waals surface area contributed by atoms with Crippen LogP contribution in [0, 0.1) is 23.7 Å². The Balaban J connectivity index is 1.51. The summed E-state index contributed by atoms with van der Waals surface area (Å²) in [6.07, 6.45) is 0. The van der Waals surface area contributed by atoms with Crippen LogP contribution in [0.25, 0.3) is 11.0 Å². The van der Waals surface area contributed by atoms with Crippen LogP contribution in [0.5, 0.6) is 0 Å². The molecule has 5 aromatic rings. The topological polar surface area (TPSA) is 25.8 Å². The monoisotopic (exact) mass is 468 g/mol. The lowest BCUT2D eigenvalue weighted by atomic mass is 10.1. The van der Waals surface area contributed by atoms with Crippen LogP contribution in [0.3, 0.4) is 0 Å². The minimum Gasteiger partial charge on any atom is -0.235 e. The van der Waals surface area contributed by atoms with Crippen molar-refractivity contribution in [3.05, 3.63) is 119 Å². The maximum Gasteiger partial charge on any atom is 0.134 e. The first kappa shape index (κ1) is 20.6. The molecule has 0 fully saturated rings. The molecule has 1 aromatic heterocycles. The summed E-state index contributed by atoms with van der Waals surface area (Å²) in [6.45, 7) is 0. The Kier molecular flexibility index (Phi) is 5.53. The first-order valence-electron chi connectivity index (χ1n) is 10.8. The van der Waals surface area contributed by atoms with Gasteiger partial charge in [0.2, 0.25) is 0 Å². The van der Waals surface area contributed by atoms with Crippen molar-refractivity contribution in [3.63, 3.8) is 0 Å². The number of rotatable bonds is 0. The maximum absolute atomic E-state index is 5.05. The smallest absolute Gasteiger partial charge is 0.134 e. The average molecular weight is 469 g/mol. The molecule has 0 amide bonds. The number of hydrogen-bond donors (Lipinski definition) is 0. The van der Waals surface area contributed by atoms with Gasteiger partial charge in [0.05, 0.1) is 11.1 Å². The molecule has 0 saturated heterocycles. The molecule has 1 aliphatic heterocycles. The Morgan fingerprint density at radius 1 is 0.441 bits per heavy atom. The van der Waals surface area contributed by atoms with E-state index in [1.54, 1.807) is 23.5 Å². The zero-order chi connectivity index (χ0) is 22.7. The van der Waals surface area contributed by atoms with Crippen molar-refractivity contribution in [2.45, 2.75) is 19.8 Å². The molecule has 0 saturated carbocycles. The lowest BCUT2D eigenvalue weighted by Gasteiger charge is -2.17. The fraction of sp³-hybridized carbons (Fsp3) is 0. The number of nitrogens with zero attached hydrogens (tertiary/aromatic N) is 2. The zero-order valence-electron chi connectivity index (χ0n) is 17.9. The Labute approximate surface area is 206 Å². The number of aromatic nitrogens is 2. The lowest BCUT2D eigenvalue weighted by molar-refractivity contribution is 0.951. The van der Waals surface area contributed by atoms with E-state index in [2.05, 4.69) is 47.9 Å². The molecule has 0 bridgehead atoms. The number of benzene rings is 4. The van der Waals surface area contributed by atoms with Gasteiger partial charge in [-0.2, -0.15) is 0 Å². The first-order valence-corrected chi connectivity index (χ1v) is 12.4. The third kappa shape index (κ3) is 4.18. The molecule has 2 heterocycles. The van der Waals surface area contributed by atoms with E-state index in [1.165, 1.54) is 9.79 Å². The fourth-order valence-corrected chi connectivity index (χ4v) is 5.68. The average Bonchev–Trinajstić information content (AvgIpc) is 2.90. The third-order valence-electron chi connectivity index (χ3n) is 5.25. The third-order valence-corrected chi connectivity index (χ3v) is 7.62. The minimum atomic E-state index is 0.787. The SMILES string of the molecule is C(#Cc1ccc(C#Cc2ccccc2)c2nc3c(nc12)Sc1ccccc1S3)c1ccccc1. The van der Waals surface area contributed by atoms with Gasteiger partial charge >= 0.3 is 0 Å². The predicted molar refractivity (Wildman–Crippen MR) is 139 cm³/mol. The van der Waals surface area contributed by atoms with E-state index in [1.807, 2.05) is 72.8 Å². The van der Waals surface area contributed by atoms with E-state index in [-0.39, 0.29) is 0 Å². The second-order valence-electron chi connectivity index (χ2n) is 7.57. The number of hydrogen-bond acceptors (Lipinski definition) is 4. The van der Waals surface area contributed by atoms with Crippen molar-refractivity contribution in [3.8, 4) is 23.7 Å². The summed E-state index contributed by atoms with van der Waals surface area (Å²) in [4.78, 5) is 12.5. The Bertz CT molecular complexity index is 1530. The van der Waals surface area contributed by atoms with E-state index in [9.17, 15) is 0 Å². The normalized spacial score (nSPS) is 11.4. The molecule has 0 unspecified atom stereocenters. The molecule has 34 heavy (non-hydrogen) atoms. The standard InChI is InChI=1S/C30H16N2S2/c1-3-9-21(10-4-1)15-17-23-19-20-24(18-16-22-11-5-2-6-12-22)28-27(23)31-29-30(32-28)34-26-14-8-7-13-25(26)33-29/h1-14,19-20H. The van der Waals surface area contributed by atoms with Gasteiger partial charge in [0.1, 0.15) is 21.1 Å². The molecule has 0 N–H and O–H groups in total. The van der Waals surface area contributed by atoms with Gasteiger partial charge < -0.3 is 0 Å². The van der Waals surface area contributed by atoms with E-state index in [0.717, 1.165) is 43.3 Å². The highest BCUT2D eigenvalue weighted by atomic mass is 32.2. The van der Waals surface area contributed by atoms with Crippen molar-refractivity contribution >= 4 is 34.6 Å². The zero-order valence-corrected chi connectivity index (χ0v) is 19.6. The highest BCUT2D eigenvalue weighted by Gasteiger charge is 2.21. The summed E-state index contributed by atoms with van der Waals surface area (Å²) in [5.74, 6) is 13.1. The fourth-order valence-electron chi connectivity index (χ4n) is 3.59. The van der Waals surface area contributed by atoms with E-state index in [0.29, 0.717) is 0 Å². The summed E-state index contributed by atoms with van der Waals surface area (Å²) >= 11 is 3.32. The molecule has 2 nitrogen and oxygen atoms in total. The second kappa shape index (κ2) is 9.12. The molecule has 0 atom stereocenters. The summed E-state index contributed by atoms with van der Waals surface area (Å²) in [5, 5.41) is 1.82. The molecule has 0 radical (unpaired) electrons. The van der Waals surface area contributed by atoms with Crippen molar-refractivity contribution < 1.29 is 0 Å². The van der Waals surface area contributed by atoms with Gasteiger partial charge in [0.15, 0.2) is 0 Å². The molecule has 0 aliphatic carbocycles. The van der Waals surface area contributed by atoms with Gasteiger partial charge in [-0.3, -0.25) is 0 Å². The van der Waals surface area contributed by atoms with Crippen LogP contribution < -0.4 is 0 Å². The lowest BCUT2D eigenvalue weighted by Crippen LogP contribution is -2.00. The number of fused-ring (bicyclic) bond motifs is 3. The van der Waals surface area contributed by atoms with Gasteiger partial charge in [0.25, 0.3) is 0 Å². The molecule has 0 spiro atoms. The van der Waals surface area contributed by atoms with Gasteiger partial charge in [-0.25, -0.2) is 9.97 Å². The molecule has 4 aromatic carbocycles. The predicted octanol–water partition coefficient (Wildman–Crippen LogP) is 7.05. The maximum atomic E-state index is 5.05. The van der Waals surface area contributed by atoms with Crippen LogP contribution in [0.4, 0.5) is 0 Å². The second-order valence-corrected chi connectivity index (χ2v) is 9.64. The highest BCUT2D eigenvalue weighted by molar-refractivity contribution is 8.05. The van der Waals surface area contributed by atoms with Crippen molar-refractivity contribution in [1.82, 2.24) is 9.97 Å². The van der Waals surface area contributed by atoms with E-state index >= 15 is 0 Å². The van der Waals surface area contributed by atoms with Crippen molar-refractivity contribution in [2.24, 2.45) is 0 Å². The summed E-state index contributed by atoms with van der Waals surface area (Å²) in [7, 11) is 0. The molecular formula is C30H16N2S2. The van der Waals surface area contributed by atoms with Crippen LogP contribution in [0.2, 0.25) is 0 Å². The van der Waals surface area contributed by atoms with Crippen molar-refractivity contribution in [1.29, 1.82) is 0 Å².